The summed E-state index contributed by atoms with van der Waals surface area (Å²) in [5, 5.41) is 13.2. The predicted molar refractivity (Wildman–Crippen MR) is 82.1 cm³/mol. The van der Waals surface area contributed by atoms with Crippen LogP contribution < -0.4 is 15.8 Å². The van der Waals surface area contributed by atoms with Crippen LogP contribution in [-0.4, -0.2) is 27.7 Å². The highest BCUT2D eigenvalue weighted by atomic mass is 16.5. The predicted octanol–water partition coefficient (Wildman–Crippen LogP) is 1.99. The second-order valence-corrected chi connectivity index (χ2v) is 4.97. The minimum absolute atomic E-state index is 0.0492. The van der Waals surface area contributed by atoms with Crippen LogP contribution in [0, 0.1) is 0 Å². The average Bonchev–Trinajstić information content (AvgIpc) is 2.45. The maximum absolute atomic E-state index is 10.1. The number of nitrogens with two attached hydrogens (primary N) is 1. The summed E-state index contributed by atoms with van der Waals surface area (Å²) in [5.74, 6) is 1.11. The lowest BCUT2D eigenvalue weighted by molar-refractivity contribution is 0.191. The van der Waals surface area contributed by atoms with Gasteiger partial charge in [-0.2, -0.15) is 0 Å². The van der Waals surface area contributed by atoms with E-state index in [1.165, 1.54) is 6.33 Å². The number of nitrogens with zero attached hydrogens (tertiary/aromatic N) is 2. The molecule has 0 aliphatic rings. The Morgan fingerprint density at radius 3 is 2.62 bits per heavy atom. The van der Waals surface area contributed by atoms with Crippen LogP contribution >= 0.6 is 0 Å². The molecule has 0 radical (unpaired) electrons. The van der Waals surface area contributed by atoms with Gasteiger partial charge in [-0.25, -0.2) is 9.97 Å². The molecule has 6 nitrogen and oxygen atoms in total. The van der Waals surface area contributed by atoms with Gasteiger partial charge in [-0.3, -0.25) is 0 Å². The van der Waals surface area contributed by atoms with E-state index in [-0.39, 0.29) is 6.10 Å². The van der Waals surface area contributed by atoms with Crippen molar-refractivity contribution in [3.8, 4) is 5.88 Å². The van der Waals surface area contributed by atoms with Crippen molar-refractivity contribution in [2.24, 2.45) is 0 Å². The lowest BCUT2D eigenvalue weighted by atomic mass is 10.1. The third kappa shape index (κ3) is 4.61. The molecule has 4 N–H and O–H groups in total. The first-order valence-electron chi connectivity index (χ1n) is 6.80. The molecule has 0 aliphatic carbocycles. The summed E-state index contributed by atoms with van der Waals surface area (Å²) in [7, 11) is 0. The number of hydrogen-bond donors (Lipinski definition) is 3. The molecule has 0 amide bonds. The van der Waals surface area contributed by atoms with Crippen LogP contribution in [0.5, 0.6) is 5.88 Å². The van der Waals surface area contributed by atoms with Gasteiger partial charge in [0, 0.05) is 18.3 Å². The van der Waals surface area contributed by atoms with E-state index in [1.54, 1.807) is 30.3 Å². The van der Waals surface area contributed by atoms with Gasteiger partial charge in [-0.1, -0.05) is 12.1 Å². The maximum atomic E-state index is 10.1. The average molecular weight is 288 g/mol. The molecule has 0 aliphatic heterocycles. The van der Waals surface area contributed by atoms with Gasteiger partial charge >= 0.3 is 0 Å². The number of benzene rings is 1. The summed E-state index contributed by atoms with van der Waals surface area (Å²) in [4.78, 5) is 8.12. The number of aliphatic hydroxyl groups is 1. The molecule has 1 unspecified atom stereocenters. The summed E-state index contributed by atoms with van der Waals surface area (Å²) in [6, 6.07) is 8.83. The molecule has 112 valence electrons. The summed E-state index contributed by atoms with van der Waals surface area (Å²) >= 11 is 0. The molecule has 0 spiro atoms. The van der Waals surface area contributed by atoms with Crippen LogP contribution in [0.3, 0.4) is 0 Å². The van der Waals surface area contributed by atoms with Crippen LogP contribution in [0.15, 0.2) is 36.7 Å². The lowest BCUT2D eigenvalue weighted by Gasteiger charge is -2.14. The molecule has 0 fully saturated rings. The highest BCUT2D eigenvalue weighted by molar-refractivity contribution is 5.41. The van der Waals surface area contributed by atoms with E-state index in [2.05, 4.69) is 15.3 Å². The normalized spacial score (nSPS) is 12.2. The quantitative estimate of drug-likeness (QED) is 0.704. The molecule has 1 aromatic carbocycles. The van der Waals surface area contributed by atoms with Crippen molar-refractivity contribution in [3.63, 3.8) is 0 Å². The Bertz CT molecular complexity index is 572. The molecule has 2 rings (SSSR count). The Hall–Kier alpha value is -2.34. The van der Waals surface area contributed by atoms with Crippen LogP contribution in [-0.2, 0) is 0 Å². The fourth-order valence-corrected chi connectivity index (χ4v) is 1.78. The number of aromatic nitrogens is 2. The fraction of sp³-hybridized carbons (Fsp3) is 0.333. The molecule has 6 heteroatoms. The van der Waals surface area contributed by atoms with Gasteiger partial charge < -0.3 is 20.9 Å². The Kier molecular flexibility index (Phi) is 4.94. The zero-order valence-corrected chi connectivity index (χ0v) is 12.2. The highest BCUT2D eigenvalue weighted by Gasteiger charge is 2.08. The zero-order chi connectivity index (χ0) is 15.2. The first kappa shape index (κ1) is 15.1. The molecule has 2 aromatic rings. The molecule has 21 heavy (non-hydrogen) atoms. The van der Waals surface area contributed by atoms with E-state index in [1.807, 2.05) is 13.8 Å². The van der Waals surface area contributed by atoms with Crippen molar-refractivity contribution in [3.05, 3.63) is 42.2 Å². The minimum atomic E-state index is -0.643. The van der Waals surface area contributed by atoms with Gasteiger partial charge in [-0.15, -0.1) is 0 Å². The summed E-state index contributed by atoms with van der Waals surface area (Å²) in [6.45, 7) is 4.20. The number of anilines is 2. The van der Waals surface area contributed by atoms with E-state index in [9.17, 15) is 5.11 Å². The molecule has 0 saturated heterocycles. The number of nitrogen functional groups attached to an aromatic ring is 1. The highest BCUT2D eigenvalue weighted by Crippen LogP contribution is 2.17. The van der Waals surface area contributed by atoms with Gasteiger partial charge in [-0.05, 0) is 31.5 Å². The van der Waals surface area contributed by atoms with Gasteiger partial charge in [0.2, 0.25) is 5.88 Å². The molecule has 0 bridgehead atoms. The van der Waals surface area contributed by atoms with Crippen LogP contribution in [0.4, 0.5) is 11.5 Å². The van der Waals surface area contributed by atoms with Crippen molar-refractivity contribution >= 4 is 11.5 Å². The molecule has 1 aromatic heterocycles. The Morgan fingerprint density at radius 1 is 1.24 bits per heavy atom. The SMILES string of the molecule is CC(C)Oc1cc(NCC(O)c2ccc(N)cc2)ncn1. The number of nitrogens with one attached hydrogen (secondary N) is 1. The van der Waals surface area contributed by atoms with Crippen LogP contribution in [0.2, 0.25) is 0 Å². The first-order chi connectivity index (χ1) is 10.0. The molecule has 1 heterocycles. The molecule has 1 atom stereocenters. The van der Waals surface area contributed by atoms with E-state index in [0.29, 0.717) is 23.9 Å². The Balaban J connectivity index is 1.94. The van der Waals surface area contributed by atoms with Crippen molar-refractivity contribution in [2.45, 2.75) is 26.1 Å². The topological polar surface area (TPSA) is 93.3 Å². The summed E-state index contributed by atoms with van der Waals surface area (Å²) < 4.78 is 5.49. The van der Waals surface area contributed by atoms with Gasteiger partial charge in [0.1, 0.15) is 12.1 Å². The molecule has 0 saturated carbocycles. The Labute approximate surface area is 124 Å². The van der Waals surface area contributed by atoms with E-state index in [0.717, 1.165) is 5.56 Å². The summed E-state index contributed by atoms with van der Waals surface area (Å²) in [5.41, 5.74) is 7.09. The molecular weight excluding hydrogens is 268 g/mol. The van der Waals surface area contributed by atoms with E-state index >= 15 is 0 Å². The second kappa shape index (κ2) is 6.90. The molecular formula is C15H20N4O2. The number of rotatable bonds is 6. The van der Waals surface area contributed by atoms with Crippen LogP contribution in [0.25, 0.3) is 0 Å². The third-order valence-corrected chi connectivity index (χ3v) is 2.80. The second-order valence-electron chi connectivity index (χ2n) is 4.97. The van der Waals surface area contributed by atoms with Gasteiger partial charge in [0.15, 0.2) is 0 Å². The number of hydrogen-bond acceptors (Lipinski definition) is 6. The van der Waals surface area contributed by atoms with E-state index < -0.39 is 6.10 Å². The lowest BCUT2D eigenvalue weighted by Crippen LogP contribution is -2.13. The minimum Gasteiger partial charge on any atom is -0.475 e. The smallest absolute Gasteiger partial charge is 0.218 e. The van der Waals surface area contributed by atoms with Crippen molar-refractivity contribution in [2.75, 3.05) is 17.6 Å². The van der Waals surface area contributed by atoms with E-state index in [4.69, 9.17) is 10.5 Å². The number of ether oxygens (including phenoxy) is 1. The number of aliphatic hydroxyl groups excluding tert-OH is 1. The summed E-state index contributed by atoms with van der Waals surface area (Å²) in [6.07, 6.45) is 0.832. The standard InChI is InChI=1S/C15H20N4O2/c1-10(2)21-15-7-14(18-9-19-15)17-8-13(20)11-3-5-12(16)6-4-11/h3-7,9-10,13,20H,8,16H2,1-2H3,(H,17,18,19). The largest absolute Gasteiger partial charge is 0.475 e. The maximum Gasteiger partial charge on any atom is 0.218 e. The fourth-order valence-electron chi connectivity index (χ4n) is 1.78. The van der Waals surface area contributed by atoms with Gasteiger partial charge in [0.25, 0.3) is 0 Å². The zero-order valence-electron chi connectivity index (χ0n) is 12.2. The third-order valence-electron chi connectivity index (χ3n) is 2.80. The van der Waals surface area contributed by atoms with Crippen LogP contribution in [0.1, 0.15) is 25.5 Å². The monoisotopic (exact) mass is 288 g/mol. The van der Waals surface area contributed by atoms with Crippen molar-refractivity contribution < 1.29 is 9.84 Å². The van der Waals surface area contributed by atoms with Gasteiger partial charge in [0.05, 0.1) is 12.2 Å². The Morgan fingerprint density at radius 2 is 1.95 bits per heavy atom. The first-order valence-corrected chi connectivity index (χ1v) is 6.80. The van der Waals surface area contributed by atoms with Crippen molar-refractivity contribution in [1.82, 2.24) is 9.97 Å². The van der Waals surface area contributed by atoms with Crippen molar-refractivity contribution in [1.29, 1.82) is 0 Å².